The summed E-state index contributed by atoms with van der Waals surface area (Å²) in [5.41, 5.74) is 1.21. The molecule has 0 spiro atoms. The van der Waals surface area contributed by atoms with Gasteiger partial charge in [0.1, 0.15) is 11.9 Å². The van der Waals surface area contributed by atoms with E-state index in [9.17, 15) is 4.79 Å². The van der Waals surface area contributed by atoms with E-state index in [0.29, 0.717) is 12.4 Å². The lowest BCUT2D eigenvalue weighted by molar-refractivity contribution is -0.124. The Morgan fingerprint density at radius 2 is 2.35 bits per heavy atom. The molecule has 92 valence electrons. The Kier molecular flexibility index (Phi) is 3.89. The molecule has 4 heteroatoms. The zero-order valence-electron chi connectivity index (χ0n) is 9.78. The van der Waals surface area contributed by atoms with Crippen LogP contribution in [-0.2, 0) is 11.2 Å². The number of amides is 1. The number of carbonyl (C=O) groups is 1. The van der Waals surface area contributed by atoms with Crippen molar-refractivity contribution in [2.24, 2.45) is 5.92 Å². The molecule has 1 N–H and O–H groups in total. The Bertz CT molecular complexity index is 383. The average molecular weight is 254 g/mol. The molecule has 0 aliphatic carbocycles. The van der Waals surface area contributed by atoms with Gasteiger partial charge in [0, 0.05) is 18.2 Å². The third-order valence-electron chi connectivity index (χ3n) is 2.90. The zero-order valence-corrected chi connectivity index (χ0v) is 10.5. The van der Waals surface area contributed by atoms with Crippen LogP contribution in [0.5, 0.6) is 5.75 Å². The fraction of sp³-hybridized carbons (Fsp3) is 0.462. The minimum atomic E-state index is -0.152. The standard InChI is InChI=1S/C13H16ClNO2/c1-9(7-14)13(16)15-8-11-6-10-4-2-3-5-12(10)17-11/h2-5,9,11H,6-8H2,1H3,(H,15,16). The number of hydrogen-bond donors (Lipinski definition) is 1. The summed E-state index contributed by atoms with van der Waals surface area (Å²) in [7, 11) is 0. The van der Waals surface area contributed by atoms with Crippen molar-refractivity contribution in [2.75, 3.05) is 12.4 Å². The fourth-order valence-electron chi connectivity index (χ4n) is 1.83. The van der Waals surface area contributed by atoms with Crippen LogP contribution >= 0.6 is 11.6 Å². The predicted octanol–water partition coefficient (Wildman–Crippen LogP) is 1.98. The number of benzene rings is 1. The molecule has 1 aromatic carbocycles. The van der Waals surface area contributed by atoms with Crippen molar-refractivity contribution in [2.45, 2.75) is 19.4 Å². The van der Waals surface area contributed by atoms with E-state index in [2.05, 4.69) is 11.4 Å². The molecule has 2 unspecified atom stereocenters. The molecular formula is C13H16ClNO2. The Morgan fingerprint density at radius 1 is 1.59 bits per heavy atom. The van der Waals surface area contributed by atoms with Crippen LogP contribution in [0.25, 0.3) is 0 Å². The molecule has 0 saturated carbocycles. The van der Waals surface area contributed by atoms with Gasteiger partial charge in [0.2, 0.25) is 5.91 Å². The highest BCUT2D eigenvalue weighted by molar-refractivity contribution is 6.19. The van der Waals surface area contributed by atoms with Crippen molar-refractivity contribution in [1.29, 1.82) is 0 Å². The quantitative estimate of drug-likeness (QED) is 0.834. The Morgan fingerprint density at radius 3 is 3.06 bits per heavy atom. The second-order valence-corrected chi connectivity index (χ2v) is 4.66. The van der Waals surface area contributed by atoms with Gasteiger partial charge < -0.3 is 10.1 Å². The van der Waals surface area contributed by atoms with Gasteiger partial charge in [-0.2, -0.15) is 0 Å². The molecule has 1 aliphatic rings. The monoisotopic (exact) mass is 253 g/mol. The first-order valence-corrected chi connectivity index (χ1v) is 6.32. The lowest BCUT2D eigenvalue weighted by Gasteiger charge is -2.13. The van der Waals surface area contributed by atoms with Gasteiger partial charge >= 0.3 is 0 Å². The highest BCUT2D eigenvalue weighted by Gasteiger charge is 2.23. The van der Waals surface area contributed by atoms with Gasteiger partial charge in [0.15, 0.2) is 0 Å². The summed E-state index contributed by atoms with van der Waals surface area (Å²) in [6.07, 6.45) is 0.894. The van der Waals surface area contributed by atoms with Crippen LogP contribution < -0.4 is 10.1 Å². The third kappa shape index (κ3) is 2.91. The maximum absolute atomic E-state index is 11.6. The topological polar surface area (TPSA) is 38.3 Å². The van der Waals surface area contributed by atoms with Gasteiger partial charge in [-0.3, -0.25) is 4.79 Å². The second kappa shape index (κ2) is 5.41. The molecule has 1 aromatic rings. The molecule has 1 heterocycles. The molecule has 17 heavy (non-hydrogen) atoms. The van der Waals surface area contributed by atoms with Gasteiger partial charge in [0.05, 0.1) is 6.54 Å². The maximum atomic E-state index is 11.6. The molecule has 0 aromatic heterocycles. The molecule has 0 radical (unpaired) electrons. The molecule has 1 aliphatic heterocycles. The lowest BCUT2D eigenvalue weighted by atomic mass is 10.1. The minimum Gasteiger partial charge on any atom is -0.488 e. The van der Waals surface area contributed by atoms with E-state index in [0.717, 1.165) is 12.2 Å². The van der Waals surface area contributed by atoms with Crippen LogP contribution in [0.1, 0.15) is 12.5 Å². The molecule has 2 rings (SSSR count). The summed E-state index contributed by atoms with van der Waals surface area (Å²) in [6.45, 7) is 2.35. The smallest absolute Gasteiger partial charge is 0.224 e. The summed E-state index contributed by atoms with van der Waals surface area (Å²) < 4.78 is 5.72. The Labute approximate surface area is 106 Å². The summed E-state index contributed by atoms with van der Waals surface area (Å²) in [5, 5.41) is 2.86. The SMILES string of the molecule is CC(CCl)C(=O)NCC1Cc2ccccc2O1. The van der Waals surface area contributed by atoms with Crippen molar-refractivity contribution in [1.82, 2.24) is 5.32 Å². The number of fused-ring (bicyclic) bond motifs is 1. The van der Waals surface area contributed by atoms with Gasteiger partial charge in [0.25, 0.3) is 0 Å². The summed E-state index contributed by atoms with van der Waals surface area (Å²) in [6, 6.07) is 7.96. The van der Waals surface area contributed by atoms with E-state index in [1.54, 1.807) is 0 Å². The van der Waals surface area contributed by atoms with E-state index in [1.165, 1.54) is 5.56 Å². The maximum Gasteiger partial charge on any atom is 0.224 e. The van der Waals surface area contributed by atoms with Gasteiger partial charge in [-0.15, -0.1) is 11.6 Å². The van der Waals surface area contributed by atoms with Crippen molar-refractivity contribution in [3.63, 3.8) is 0 Å². The van der Waals surface area contributed by atoms with E-state index >= 15 is 0 Å². The molecule has 3 nitrogen and oxygen atoms in total. The number of halogens is 1. The Balaban J connectivity index is 1.82. The van der Waals surface area contributed by atoms with Crippen molar-refractivity contribution < 1.29 is 9.53 Å². The first-order valence-electron chi connectivity index (χ1n) is 5.79. The van der Waals surface area contributed by atoms with Crippen molar-refractivity contribution in [3.05, 3.63) is 29.8 Å². The number of hydrogen-bond acceptors (Lipinski definition) is 2. The van der Waals surface area contributed by atoms with Crippen LogP contribution in [-0.4, -0.2) is 24.4 Å². The van der Waals surface area contributed by atoms with Crippen LogP contribution in [0.3, 0.4) is 0 Å². The number of para-hydroxylation sites is 1. The van der Waals surface area contributed by atoms with Gasteiger partial charge in [-0.1, -0.05) is 25.1 Å². The van der Waals surface area contributed by atoms with Crippen LogP contribution in [0, 0.1) is 5.92 Å². The highest BCUT2D eigenvalue weighted by atomic mass is 35.5. The number of ether oxygens (including phenoxy) is 1. The highest BCUT2D eigenvalue weighted by Crippen LogP contribution is 2.27. The number of alkyl halides is 1. The normalized spacial score (nSPS) is 19.3. The summed E-state index contributed by atoms with van der Waals surface area (Å²) in [5.74, 6) is 1.11. The first kappa shape index (κ1) is 12.2. The molecule has 1 amide bonds. The van der Waals surface area contributed by atoms with Crippen LogP contribution in [0.2, 0.25) is 0 Å². The van der Waals surface area contributed by atoms with E-state index in [-0.39, 0.29) is 17.9 Å². The summed E-state index contributed by atoms with van der Waals surface area (Å²) >= 11 is 5.62. The molecule has 0 bridgehead atoms. The number of carbonyl (C=O) groups excluding carboxylic acids is 1. The van der Waals surface area contributed by atoms with Crippen LogP contribution in [0.15, 0.2) is 24.3 Å². The van der Waals surface area contributed by atoms with Gasteiger partial charge in [-0.25, -0.2) is 0 Å². The van der Waals surface area contributed by atoms with Crippen molar-refractivity contribution >= 4 is 17.5 Å². The average Bonchev–Trinajstić information content (AvgIpc) is 2.77. The third-order valence-corrected chi connectivity index (χ3v) is 3.36. The van der Waals surface area contributed by atoms with E-state index < -0.39 is 0 Å². The molecule has 0 saturated heterocycles. The molecule has 0 fully saturated rings. The van der Waals surface area contributed by atoms with E-state index in [1.807, 2.05) is 25.1 Å². The van der Waals surface area contributed by atoms with Crippen molar-refractivity contribution in [3.8, 4) is 5.75 Å². The van der Waals surface area contributed by atoms with E-state index in [4.69, 9.17) is 16.3 Å². The predicted molar refractivity (Wildman–Crippen MR) is 67.5 cm³/mol. The van der Waals surface area contributed by atoms with Gasteiger partial charge in [-0.05, 0) is 11.6 Å². The lowest BCUT2D eigenvalue weighted by Crippen LogP contribution is -2.37. The summed E-state index contributed by atoms with van der Waals surface area (Å²) in [4.78, 5) is 11.6. The molecule has 2 atom stereocenters. The zero-order chi connectivity index (χ0) is 12.3. The van der Waals surface area contributed by atoms with Crippen LogP contribution in [0.4, 0.5) is 0 Å². The second-order valence-electron chi connectivity index (χ2n) is 4.35. The number of rotatable bonds is 4. The fourth-order valence-corrected chi connectivity index (χ4v) is 1.97. The number of nitrogens with one attached hydrogen (secondary N) is 1. The largest absolute Gasteiger partial charge is 0.488 e. The minimum absolute atomic E-state index is 0.0143. The first-order chi connectivity index (χ1) is 8.20. The molecular weight excluding hydrogens is 238 g/mol. The Hall–Kier alpha value is -1.22.